The van der Waals surface area contributed by atoms with E-state index in [2.05, 4.69) is 0 Å². The number of esters is 1. The lowest BCUT2D eigenvalue weighted by molar-refractivity contribution is -0.156. The number of nitrogens with zero attached hydrogens (tertiary/aromatic N) is 1. The Morgan fingerprint density at radius 1 is 1.32 bits per heavy atom. The largest absolute Gasteiger partial charge is 0.465 e. The number of likely N-dealkylation sites (tertiary alicyclic amines) is 1. The van der Waals surface area contributed by atoms with Crippen LogP contribution in [0.2, 0.25) is 0 Å². The maximum Gasteiger partial charge on any atom is 0.319 e. The zero-order valence-electron chi connectivity index (χ0n) is 12.6. The second kappa shape index (κ2) is 4.94. The molecule has 1 atom stereocenters. The van der Waals surface area contributed by atoms with Gasteiger partial charge >= 0.3 is 5.97 Å². The van der Waals surface area contributed by atoms with Gasteiger partial charge < -0.3 is 4.74 Å². The van der Waals surface area contributed by atoms with Crippen LogP contribution in [0.15, 0.2) is 0 Å². The van der Waals surface area contributed by atoms with E-state index in [1.165, 1.54) is 4.90 Å². The van der Waals surface area contributed by atoms with Crippen molar-refractivity contribution in [1.29, 1.82) is 0 Å². The molecule has 0 aliphatic carbocycles. The highest BCUT2D eigenvalue weighted by Gasteiger charge is 2.60. The number of amides is 2. The summed E-state index contributed by atoms with van der Waals surface area (Å²) in [7, 11) is 0. The molecule has 1 heterocycles. The molecule has 0 aromatic carbocycles. The molecule has 0 spiro atoms. The molecule has 5 nitrogen and oxygen atoms in total. The molecular weight excluding hydrogens is 246 g/mol. The van der Waals surface area contributed by atoms with Crippen LogP contribution in [-0.2, 0) is 19.1 Å². The van der Waals surface area contributed by atoms with Crippen LogP contribution in [0.4, 0.5) is 0 Å². The van der Waals surface area contributed by atoms with Crippen molar-refractivity contribution in [2.24, 2.45) is 11.3 Å². The Bertz CT molecular complexity index is 406. The van der Waals surface area contributed by atoms with Crippen LogP contribution < -0.4 is 0 Å². The van der Waals surface area contributed by atoms with E-state index in [-0.39, 0.29) is 12.5 Å². The van der Waals surface area contributed by atoms with Crippen molar-refractivity contribution in [2.45, 2.75) is 53.5 Å². The smallest absolute Gasteiger partial charge is 0.319 e. The zero-order chi connectivity index (χ0) is 15.0. The molecule has 5 heteroatoms. The summed E-state index contributed by atoms with van der Waals surface area (Å²) < 4.78 is 5.05. The molecule has 1 aliphatic heterocycles. The van der Waals surface area contributed by atoms with Crippen LogP contribution in [0.5, 0.6) is 0 Å². The van der Waals surface area contributed by atoms with Gasteiger partial charge in [-0.25, -0.2) is 0 Å². The second-order valence-corrected chi connectivity index (χ2v) is 6.47. The van der Waals surface area contributed by atoms with E-state index in [0.717, 1.165) is 0 Å². The first-order valence-corrected chi connectivity index (χ1v) is 6.60. The van der Waals surface area contributed by atoms with E-state index in [4.69, 9.17) is 4.74 Å². The summed E-state index contributed by atoms with van der Waals surface area (Å²) in [4.78, 5) is 38.0. The van der Waals surface area contributed by atoms with E-state index in [0.29, 0.717) is 6.42 Å². The number of ether oxygens (including phenoxy) is 1. The monoisotopic (exact) mass is 269 g/mol. The number of rotatable bonds is 3. The highest BCUT2D eigenvalue weighted by molar-refractivity contribution is 6.15. The molecule has 0 radical (unpaired) electrons. The highest BCUT2D eigenvalue weighted by atomic mass is 16.5. The predicted molar refractivity (Wildman–Crippen MR) is 70.1 cm³/mol. The Labute approximate surface area is 114 Å². The topological polar surface area (TPSA) is 63.7 Å². The van der Waals surface area contributed by atoms with E-state index < -0.39 is 28.7 Å². The number of carbonyl (C=O) groups excluding carboxylic acids is 3. The maximum absolute atomic E-state index is 12.4. The first kappa shape index (κ1) is 15.7. The van der Waals surface area contributed by atoms with E-state index in [1.54, 1.807) is 34.6 Å². The quantitative estimate of drug-likeness (QED) is 0.445. The lowest BCUT2D eigenvalue weighted by atomic mass is 9.81. The lowest BCUT2D eigenvalue weighted by Gasteiger charge is -2.30. The van der Waals surface area contributed by atoms with Crippen molar-refractivity contribution in [3.63, 3.8) is 0 Å². The number of carbonyl (C=O) groups is 3. The van der Waals surface area contributed by atoms with Gasteiger partial charge in [0.2, 0.25) is 11.8 Å². The summed E-state index contributed by atoms with van der Waals surface area (Å²) in [6.45, 7) is 10.7. The van der Waals surface area contributed by atoms with Crippen molar-refractivity contribution in [2.75, 3.05) is 6.61 Å². The fourth-order valence-electron chi connectivity index (χ4n) is 2.27. The third-order valence-corrected chi connectivity index (χ3v) is 3.30. The SMILES string of the molecule is CCCOC(=O)C1C(=O)N(C(C)(C)C)C(=O)C1(C)C. The van der Waals surface area contributed by atoms with Crippen molar-refractivity contribution >= 4 is 17.8 Å². The first-order chi connectivity index (χ1) is 8.55. The van der Waals surface area contributed by atoms with Gasteiger partial charge in [0.1, 0.15) is 5.92 Å². The fourth-order valence-corrected chi connectivity index (χ4v) is 2.27. The number of hydrogen-bond donors (Lipinski definition) is 0. The molecule has 1 fully saturated rings. The molecule has 1 saturated heterocycles. The lowest BCUT2D eigenvalue weighted by Crippen LogP contribution is -2.46. The molecule has 1 aliphatic rings. The Morgan fingerprint density at radius 2 is 1.84 bits per heavy atom. The maximum atomic E-state index is 12.4. The van der Waals surface area contributed by atoms with Gasteiger partial charge in [0.05, 0.1) is 12.0 Å². The van der Waals surface area contributed by atoms with Crippen LogP contribution in [0, 0.1) is 11.3 Å². The summed E-state index contributed by atoms with van der Waals surface area (Å²) in [5, 5.41) is 0. The average Bonchev–Trinajstić information content (AvgIpc) is 2.41. The van der Waals surface area contributed by atoms with Gasteiger partial charge in [-0.2, -0.15) is 0 Å². The standard InChI is InChI=1S/C14H23NO4/c1-7-8-19-11(17)9-10(16)15(13(2,3)4)12(18)14(9,5)6/h9H,7-8H2,1-6H3. The Kier molecular flexibility index (Phi) is 4.08. The summed E-state index contributed by atoms with van der Waals surface area (Å²) in [5.74, 6) is -2.41. The Balaban J connectivity index is 3.10. The van der Waals surface area contributed by atoms with Gasteiger partial charge in [-0.1, -0.05) is 6.92 Å². The molecule has 0 aromatic heterocycles. The van der Waals surface area contributed by atoms with E-state index >= 15 is 0 Å². The third kappa shape index (κ3) is 2.65. The van der Waals surface area contributed by atoms with Gasteiger partial charge in [-0.05, 0) is 41.0 Å². The summed E-state index contributed by atoms with van der Waals surface area (Å²) >= 11 is 0. The Hall–Kier alpha value is -1.39. The van der Waals surface area contributed by atoms with Gasteiger partial charge in [0.15, 0.2) is 0 Å². The molecular formula is C14H23NO4. The minimum atomic E-state index is -1.05. The molecule has 19 heavy (non-hydrogen) atoms. The molecule has 0 N–H and O–H groups in total. The summed E-state index contributed by atoms with van der Waals surface area (Å²) in [6.07, 6.45) is 0.685. The molecule has 1 rings (SSSR count). The molecule has 0 saturated carbocycles. The molecule has 2 amide bonds. The summed E-state index contributed by atoms with van der Waals surface area (Å²) in [5.41, 5.74) is -1.68. The first-order valence-electron chi connectivity index (χ1n) is 6.60. The van der Waals surface area contributed by atoms with Gasteiger partial charge in [-0.3, -0.25) is 19.3 Å². The van der Waals surface area contributed by atoms with Gasteiger partial charge in [0.25, 0.3) is 0 Å². The average molecular weight is 269 g/mol. The van der Waals surface area contributed by atoms with Crippen molar-refractivity contribution in [3.8, 4) is 0 Å². The van der Waals surface area contributed by atoms with Crippen LogP contribution in [0.1, 0.15) is 48.0 Å². The highest BCUT2D eigenvalue weighted by Crippen LogP contribution is 2.41. The number of imide groups is 1. The minimum Gasteiger partial charge on any atom is -0.465 e. The van der Waals surface area contributed by atoms with Gasteiger partial charge in [-0.15, -0.1) is 0 Å². The van der Waals surface area contributed by atoms with Crippen molar-refractivity contribution in [1.82, 2.24) is 4.90 Å². The zero-order valence-corrected chi connectivity index (χ0v) is 12.6. The normalized spacial score (nSPS) is 22.8. The minimum absolute atomic E-state index is 0.266. The Morgan fingerprint density at radius 3 is 2.21 bits per heavy atom. The molecule has 1 unspecified atom stereocenters. The van der Waals surface area contributed by atoms with E-state index in [1.807, 2.05) is 6.92 Å². The molecule has 108 valence electrons. The van der Waals surface area contributed by atoms with Crippen LogP contribution in [0.3, 0.4) is 0 Å². The van der Waals surface area contributed by atoms with Crippen molar-refractivity contribution < 1.29 is 19.1 Å². The van der Waals surface area contributed by atoms with Crippen LogP contribution in [-0.4, -0.2) is 34.8 Å². The third-order valence-electron chi connectivity index (χ3n) is 3.30. The van der Waals surface area contributed by atoms with Crippen LogP contribution in [0.25, 0.3) is 0 Å². The van der Waals surface area contributed by atoms with E-state index in [9.17, 15) is 14.4 Å². The molecule has 0 bridgehead atoms. The predicted octanol–water partition coefficient (Wildman–Crippen LogP) is 1.75. The van der Waals surface area contributed by atoms with Crippen LogP contribution >= 0.6 is 0 Å². The van der Waals surface area contributed by atoms with Gasteiger partial charge in [0, 0.05) is 5.54 Å². The van der Waals surface area contributed by atoms with Crippen molar-refractivity contribution in [3.05, 3.63) is 0 Å². The summed E-state index contributed by atoms with van der Waals surface area (Å²) in [6, 6.07) is 0. The number of hydrogen-bond acceptors (Lipinski definition) is 4. The fraction of sp³-hybridized carbons (Fsp3) is 0.786. The molecule has 0 aromatic rings. The second-order valence-electron chi connectivity index (χ2n) is 6.47.